The highest BCUT2D eigenvalue weighted by molar-refractivity contribution is 5.77. The number of alkyl halides is 6. The predicted octanol–water partition coefficient (Wildman–Crippen LogP) is 9.86. The minimum atomic E-state index is -5.03. The summed E-state index contributed by atoms with van der Waals surface area (Å²) in [7, 11) is 1.56. The lowest BCUT2D eigenvalue weighted by Crippen LogP contribution is -2.35. The quantitative estimate of drug-likeness (QED) is 0.267. The van der Waals surface area contributed by atoms with Gasteiger partial charge in [0.25, 0.3) is 0 Å². The van der Waals surface area contributed by atoms with Crippen LogP contribution in [-0.4, -0.2) is 41.8 Å². The van der Waals surface area contributed by atoms with Crippen molar-refractivity contribution in [3.8, 4) is 5.75 Å². The van der Waals surface area contributed by atoms with Crippen molar-refractivity contribution in [1.29, 1.82) is 0 Å². The fraction of sp³-hybridized carbons (Fsp3) is 0.556. The Morgan fingerprint density at radius 2 is 1.62 bits per heavy atom. The van der Waals surface area contributed by atoms with Crippen LogP contribution in [0.5, 0.6) is 5.75 Å². The van der Waals surface area contributed by atoms with Gasteiger partial charge in [0.2, 0.25) is 0 Å². The fourth-order valence-electron chi connectivity index (χ4n) is 7.79. The second-order valence-electron chi connectivity index (χ2n) is 14.4. The summed E-state index contributed by atoms with van der Waals surface area (Å²) in [6.45, 7) is 5.82. The second-order valence-corrected chi connectivity index (χ2v) is 14.4. The molecule has 0 radical (unpaired) electrons. The van der Waals surface area contributed by atoms with Crippen LogP contribution in [0.1, 0.15) is 106 Å². The number of rotatable bonds is 9. The maximum absolute atomic E-state index is 13.6. The summed E-state index contributed by atoms with van der Waals surface area (Å²) in [4.78, 5) is 26.4. The van der Waals surface area contributed by atoms with E-state index in [4.69, 9.17) is 9.47 Å². The molecule has 0 spiro atoms. The number of hydrogen-bond acceptors (Lipinski definition) is 4. The van der Waals surface area contributed by atoms with Gasteiger partial charge in [-0.15, -0.1) is 0 Å². The van der Waals surface area contributed by atoms with Gasteiger partial charge in [0.15, 0.2) is 0 Å². The summed E-state index contributed by atoms with van der Waals surface area (Å²) in [5.74, 6) is -0.210. The van der Waals surface area contributed by atoms with Crippen molar-refractivity contribution in [1.82, 2.24) is 4.90 Å². The van der Waals surface area contributed by atoms with Crippen molar-refractivity contribution in [2.24, 2.45) is 10.8 Å². The number of amides is 1. The summed E-state index contributed by atoms with van der Waals surface area (Å²) in [5, 5.41) is 9.64. The van der Waals surface area contributed by atoms with Crippen LogP contribution >= 0.6 is 0 Å². The van der Waals surface area contributed by atoms with Crippen LogP contribution in [0.25, 0.3) is 5.57 Å². The van der Waals surface area contributed by atoms with E-state index in [1.165, 1.54) is 4.90 Å². The van der Waals surface area contributed by atoms with E-state index < -0.39 is 47.7 Å². The molecule has 0 aromatic heterocycles. The molecule has 1 aliphatic heterocycles. The lowest BCUT2D eigenvalue weighted by Gasteiger charge is -2.36. The van der Waals surface area contributed by atoms with E-state index in [0.29, 0.717) is 37.1 Å². The Morgan fingerprint density at radius 1 is 1.00 bits per heavy atom. The van der Waals surface area contributed by atoms with Crippen molar-refractivity contribution >= 4 is 17.6 Å². The first-order chi connectivity index (χ1) is 22.3. The Labute approximate surface area is 276 Å². The summed E-state index contributed by atoms with van der Waals surface area (Å²) < 4.78 is 92.9. The van der Waals surface area contributed by atoms with E-state index in [-0.39, 0.29) is 35.4 Å². The van der Waals surface area contributed by atoms with Crippen LogP contribution in [0.3, 0.4) is 0 Å². The van der Waals surface area contributed by atoms with Gasteiger partial charge in [-0.1, -0.05) is 32.8 Å². The number of carboxylic acids is 1. The Hall–Kier alpha value is -3.70. The van der Waals surface area contributed by atoms with Crippen molar-refractivity contribution in [3.63, 3.8) is 0 Å². The largest absolute Gasteiger partial charge is 0.496 e. The number of ether oxygens (including phenoxy) is 2. The molecule has 2 aliphatic carbocycles. The standard InChI is InChI=1S/C36H41F6NO5/c1-21-31(23-14-25(35(37,38)39)16-26(15-23)36(40,41)42)48-32(46)43(21)20-24-18-33(2,3)12-9-27(24)28-13-22(7-8-29(28)47-4)17-34(19-30(44)45)10-5-6-11-34/h7-8,13-16,21,31H,5-6,9-12,17-20H2,1-4H3,(H,44,45)/t21-,31-/m0/s1. The third kappa shape index (κ3) is 7.62. The number of benzene rings is 2. The van der Waals surface area contributed by atoms with Crippen molar-refractivity contribution < 1.29 is 50.5 Å². The molecule has 0 unspecified atom stereocenters. The normalized spacial score (nSPS) is 22.6. The smallest absolute Gasteiger partial charge is 0.416 e. The monoisotopic (exact) mass is 681 g/mol. The molecule has 1 saturated carbocycles. The molecular weight excluding hydrogens is 640 g/mol. The summed E-state index contributed by atoms with van der Waals surface area (Å²) in [5.41, 5.74) is -0.142. The first kappa shape index (κ1) is 35.6. The predicted molar refractivity (Wildman–Crippen MR) is 166 cm³/mol. The highest BCUT2D eigenvalue weighted by atomic mass is 19.4. The van der Waals surface area contributed by atoms with Crippen LogP contribution < -0.4 is 4.74 Å². The number of carbonyl (C=O) groups excluding carboxylic acids is 1. The summed E-state index contributed by atoms with van der Waals surface area (Å²) in [6, 6.07) is 6.26. The van der Waals surface area contributed by atoms with Crippen LogP contribution in [0, 0.1) is 10.8 Å². The average molecular weight is 682 g/mol. The Balaban J connectivity index is 1.51. The number of aliphatic carboxylic acids is 1. The molecule has 2 fully saturated rings. The van der Waals surface area contributed by atoms with Gasteiger partial charge in [-0.2, -0.15) is 26.3 Å². The first-order valence-electron chi connectivity index (χ1n) is 16.2. The van der Waals surface area contributed by atoms with Gasteiger partial charge in [0.1, 0.15) is 11.9 Å². The zero-order chi connectivity index (χ0) is 35.2. The van der Waals surface area contributed by atoms with E-state index in [9.17, 15) is 41.0 Å². The number of carbonyl (C=O) groups is 2. The zero-order valence-electron chi connectivity index (χ0n) is 27.5. The molecular formula is C36H41F6NO5. The van der Waals surface area contributed by atoms with Gasteiger partial charge >= 0.3 is 24.4 Å². The van der Waals surface area contributed by atoms with Gasteiger partial charge in [-0.05, 0) is 109 Å². The minimum absolute atomic E-state index is 0.0572. The average Bonchev–Trinajstić information content (AvgIpc) is 3.54. The topological polar surface area (TPSA) is 76.1 Å². The van der Waals surface area contributed by atoms with Gasteiger partial charge in [-0.25, -0.2) is 4.79 Å². The molecule has 262 valence electrons. The number of nitrogens with zero attached hydrogens (tertiary/aromatic N) is 1. The van der Waals surface area contributed by atoms with E-state index in [0.717, 1.165) is 54.4 Å². The molecule has 1 amide bonds. The molecule has 12 heteroatoms. The molecule has 6 nitrogen and oxygen atoms in total. The number of cyclic esters (lactones) is 1. The van der Waals surface area contributed by atoms with Crippen LogP contribution in [-0.2, 0) is 28.3 Å². The number of allylic oxidation sites excluding steroid dienone is 1. The van der Waals surface area contributed by atoms with Crippen molar-refractivity contribution in [2.75, 3.05) is 13.7 Å². The van der Waals surface area contributed by atoms with Gasteiger partial charge in [-0.3, -0.25) is 9.69 Å². The van der Waals surface area contributed by atoms with Crippen molar-refractivity contribution in [3.05, 3.63) is 69.8 Å². The SMILES string of the molecule is COc1ccc(CC2(CC(=O)O)CCCC2)cc1C1=C(CN2C(=O)O[C@H](c3cc(C(F)(F)F)cc(C(F)(F)F)c3)[C@@H]2C)CC(C)(C)CC1. The molecule has 0 bridgehead atoms. The molecule has 2 aromatic rings. The van der Waals surface area contributed by atoms with Crippen molar-refractivity contribution in [2.45, 2.75) is 103 Å². The molecule has 5 rings (SSSR count). The molecule has 2 atom stereocenters. The van der Waals surface area contributed by atoms with Crippen LogP contribution in [0.4, 0.5) is 31.1 Å². The van der Waals surface area contributed by atoms with Crippen LogP contribution in [0.2, 0.25) is 0 Å². The number of methoxy groups -OCH3 is 1. The molecule has 1 heterocycles. The molecule has 1 saturated heterocycles. The fourth-order valence-corrected chi connectivity index (χ4v) is 7.79. The zero-order valence-corrected chi connectivity index (χ0v) is 27.5. The molecule has 3 aliphatic rings. The Kier molecular flexibility index (Phi) is 9.62. The third-order valence-electron chi connectivity index (χ3n) is 10.2. The number of halogens is 6. The summed E-state index contributed by atoms with van der Waals surface area (Å²) in [6.07, 6.45) is -5.90. The van der Waals surface area contributed by atoms with Gasteiger partial charge in [0.05, 0.1) is 30.7 Å². The van der Waals surface area contributed by atoms with E-state index in [1.807, 2.05) is 18.2 Å². The van der Waals surface area contributed by atoms with Gasteiger partial charge in [0, 0.05) is 12.1 Å². The van der Waals surface area contributed by atoms with E-state index in [2.05, 4.69) is 13.8 Å². The summed E-state index contributed by atoms with van der Waals surface area (Å²) >= 11 is 0. The first-order valence-corrected chi connectivity index (χ1v) is 16.2. The second kappa shape index (κ2) is 13.0. The lowest BCUT2D eigenvalue weighted by molar-refractivity contribution is -0.143. The maximum atomic E-state index is 13.6. The Morgan fingerprint density at radius 3 is 2.19 bits per heavy atom. The highest BCUT2D eigenvalue weighted by Gasteiger charge is 2.44. The number of carboxylic acid groups (broad SMARTS) is 1. The third-order valence-corrected chi connectivity index (χ3v) is 10.2. The minimum Gasteiger partial charge on any atom is -0.496 e. The Bertz CT molecular complexity index is 1560. The maximum Gasteiger partial charge on any atom is 0.416 e. The molecule has 2 aromatic carbocycles. The molecule has 1 N–H and O–H groups in total. The van der Waals surface area contributed by atoms with Gasteiger partial charge < -0.3 is 14.6 Å². The molecule has 48 heavy (non-hydrogen) atoms. The number of hydrogen-bond donors (Lipinski definition) is 1. The van der Waals surface area contributed by atoms with Crippen LogP contribution in [0.15, 0.2) is 42.0 Å². The van der Waals surface area contributed by atoms with E-state index in [1.54, 1.807) is 14.0 Å². The van der Waals surface area contributed by atoms with E-state index >= 15 is 0 Å². The lowest BCUT2D eigenvalue weighted by atomic mass is 9.72. The highest BCUT2D eigenvalue weighted by Crippen LogP contribution is 2.48.